The van der Waals surface area contributed by atoms with Crippen LogP contribution >= 0.6 is 0 Å². The van der Waals surface area contributed by atoms with Crippen molar-refractivity contribution in [2.75, 3.05) is 6.61 Å². The molecule has 0 aliphatic rings. The van der Waals surface area contributed by atoms with Gasteiger partial charge in [-0.25, -0.2) is 8.78 Å². The first kappa shape index (κ1) is 28.1. The van der Waals surface area contributed by atoms with Crippen molar-refractivity contribution in [3.63, 3.8) is 0 Å². The van der Waals surface area contributed by atoms with Gasteiger partial charge in [0.25, 0.3) is 0 Å². The molecule has 0 aliphatic carbocycles. The van der Waals surface area contributed by atoms with Gasteiger partial charge in [0.1, 0.15) is 17.4 Å². The summed E-state index contributed by atoms with van der Waals surface area (Å²) in [5.41, 5.74) is 0. The van der Waals surface area contributed by atoms with Crippen molar-refractivity contribution in [1.29, 1.82) is 0 Å². The molecule has 0 saturated heterocycles. The molecule has 1 rings (SSSR count). The summed E-state index contributed by atoms with van der Waals surface area (Å²) < 4.78 is 36.4. The number of esters is 2. The number of benzene rings is 1. The van der Waals surface area contributed by atoms with Crippen LogP contribution in [0.15, 0.2) is 18.2 Å². The Hall–Kier alpha value is -1.98. The van der Waals surface area contributed by atoms with E-state index in [9.17, 15) is 18.4 Å². The van der Waals surface area contributed by atoms with Crippen LogP contribution < -0.4 is 4.74 Å². The van der Waals surface area contributed by atoms with Crippen molar-refractivity contribution in [2.45, 2.75) is 110 Å². The smallest absolute Gasteiger partial charge is 0.311 e. The van der Waals surface area contributed by atoms with E-state index in [-0.39, 0.29) is 18.1 Å². The maximum atomic E-state index is 13.1. The Labute approximate surface area is 192 Å². The quantitative estimate of drug-likeness (QED) is 0.122. The number of halogens is 2. The van der Waals surface area contributed by atoms with Crippen molar-refractivity contribution in [2.24, 2.45) is 0 Å². The molecular weight excluding hydrogens is 414 g/mol. The maximum absolute atomic E-state index is 13.1. The third-order valence-electron chi connectivity index (χ3n) is 5.34. The van der Waals surface area contributed by atoms with Gasteiger partial charge < -0.3 is 9.47 Å². The molecule has 182 valence electrons. The van der Waals surface area contributed by atoms with Gasteiger partial charge in [0, 0.05) is 31.0 Å². The highest BCUT2D eigenvalue weighted by Gasteiger charge is 2.08. The van der Waals surface area contributed by atoms with Crippen LogP contribution in [0.2, 0.25) is 0 Å². The van der Waals surface area contributed by atoms with Gasteiger partial charge >= 0.3 is 11.9 Å². The maximum Gasteiger partial charge on any atom is 0.311 e. The fourth-order valence-corrected chi connectivity index (χ4v) is 3.51. The zero-order chi connectivity index (χ0) is 23.4. The van der Waals surface area contributed by atoms with Crippen LogP contribution in [-0.4, -0.2) is 18.5 Å². The van der Waals surface area contributed by atoms with Gasteiger partial charge in [-0.2, -0.15) is 0 Å². The summed E-state index contributed by atoms with van der Waals surface area (Å²) in [6.07, 6.45) is 15.8. The molecule has 0 N–H and O–H groups in total. The Kier molecular flexibility index (Phi) is 16.3. The van der Waals surface area contributed by atoms with E-state index in [4.69, 9.17) is 9.47 Å². The molecule has 4 nitrogen and oxygen atoms in total. The first-order chi connectivity index (χ1) is 15.5. The lowest BCUT2D eigenvalue weighted by Crippen LogP contribution is -2.08. The second-order valence-electron chi connectivity index (χ2n) is 8.40. The topological polar surface area (TPSA) is 52.6 Å². The number of unbranched alkanes of at least 4 members (excludes halogenated alkanes) is 12. The van der Waals surface area contributed by atoms with Crippen LogP contribution in [0.5, 0.6) is 5.75 Å². The van der Waals surface area contributed by atoms with E-state index in [0.717, 1.165) is 63.1 Å². The number of carbonyl (C=O) groups is 2. The Morgan fingerprint density at radius 2 is 1.12 bits per heavy atom. The molecule has 0 bridgehead atoms. The van der Waals surface area contributed by atoms with Crippen molar-refractivity contribution >= 4 is 11.9 Å². The summed E-state index contributed by atoms with van der Waals surface area (Å²) in [6, 6.07) is 2.71. The highest BCUT2D eigenvalue weighted by atomic mass is 19.1. The van der Waals surface area contributed by atoms with Crippen molar-refractivity contribution in [3.05, 3.63) is 29.8 Å². The Balaban J connectivity index is 1.88. The van der Waals surface area contributed by atoms with Crippen LogP contribution in [-0.2, 0) is 14.3 Å². The minimum atomic E-state index is -0.773. The number of rotatable bonds is 19. The fraction of sp³-hybridized carbons (Fsp3) is 0.692. The number of carbonyl (C=O) groups excluding carboxylic acids is 2. The van der Waals surface area contributed by atoms with E-state index in [0.29, 0.717) is 19.4 Å². The zero-order valence-corrected chi connectivity index (χ0v) is 19.6. The van der Waals surface area contributed by atoms with E-state index in [1.54, 1.807) is 0 Å². The first-order valence-electron chi connectivity index (χ1n) is 12.3. The van der Waals surface area contributed by atoms with Crippen LogP contribution in [0, 0.1) is 11.6 Å². The van der Waals surface area contributed by atoms with Crippen LogP contribution in [0.1, 0.15) is 110 Å². The molecule has 0 unspecified atom stereocenters. The second-order valence-corrected chi connectivity index (χ2v) is 8.40. The standard InChI is InChI=1S/C26H40F2O4/c1-2-3-4-5-6-9-12-15-18-31-25(29)16-13-10-7-8-11-14-17-26(30)32-24-20-22(27)19-23(28)21-24/h19-21H,2-18H2,1H3. The van der Waals surface area contributed by atoms with Crippen LogP contribution in [0.3, 0.4) is 0 Å². The summed E-state index contributed by atoms with van der Waals surface area (Å²) >= 11 is 0. The first-order valence-corrected chi connectivity index (χ1v) is 12.3. The summed E-state index contributed by atoms with van der Waals surface area (Å²) in [7, 11) is 0. The molecule has 1 aromatic carbocycles. The number of hydrogen-bond acceptors (Lipinski definition) is 4. The van der Waals surface area contributed by atoms with Gasteiger partial charge in [-0.1, -0.05) is 77.6 Å². The van der Waals surface area contributed by atoms with Crippen molar-refractivity contribution in [3.8, 4) is 5.75 Å². The molecule has 0 aliphatic heterocycles. The van der Waals surface area contributed by atoms with Crippen LogP contribution in [0.25, 0.3) is 0 Å². The predicted molar refractivity (Wildman–Crippen MR) is 122 cm³/mol. The summed E-state index contributed by atoms with van der Waals surface area (Å²) in [4.78, 5) is 23.5. The largest absolute Gasteiger partial charge is 0.466 e. The van der Waals surface area contributed by atoms with E-state index in [2.05, 4.69) is 6.92 Å². The molecule has 0 aromatic heterocycles. The second kappa shape index (κ2) is 18.6. The van der Waals surface area contributed by atoms with E-state index in [1.807, 2.05) is 0 Å². The normalized spacial score (nSPS) is 10.8. The Morgan fingerprint density at radius 1 is 0.656 bits per heavy atom. The molecule has 32 heavy (non-hydrogen) atoms. The molecule has 0 spiro atoms. The van der Waals surface area contributed by atoms with Gasteiger partial charge in [-0.15, -0.1) is 0 Å². The molecule has 1 aromatic rings. The molecule has 0 amide bonds. The average Bonchev–Trinajstić information content (AvgIpc) is 2.73. The van der Waals surface area contributed by atoms with Gasteiger partial charge in [0.15, 0.2) is 0 Å². The lowest BCUT2D eigenvalue weighted by molar-refractivity contribution is -0.144. The molecule has 0 saturated carbocycles. The predicted octanol–water partition coefficient (Wildman–Crippen LogP) is 7.67. The fourth-order valence-electron chi connectivity index (χ4n) is 3.51. The minimum absolute atomic E-state index is 0.107. The zero-order valence-electron chi connectivity index (χ0n) is 19.6. The van der Waals surface area contributed by atoms with Crippen LogP contribution in [0.4, 0.5) is 8.78 Å². The Morgan fingerprint density at radius 3 is 1.69 bits per heavy atom. The number of ether oxygens (including phenoxy) is 2. The highest BCUT2D eigenvalue weighted by Crippen LogP contribution is 2.17. The lowest BCUT2D eigenvalue weighted by atomic mass is 10.1. The Bertz CT molecular complexity index is 628. The highest BCUT2D eigenvalue weighted by molar-refractivity contribution is 5.72. The summed E-state index contributed by atoms with van der Waals surface area (Å²) in [5.74, 6) is -2.25. The van der Waals surface area contributed by atoms with E-state index in [1.165, 1.54) is 38.5 Å². The molecular formula is C26H40F2O4. The number of hydrogen-bond donors (Lipinski definition) is 0. The van der Waals surface area contributed by atoms with Gasteiger partial charge in [-0.05, 0) is 19.3 Å². The molecule has 0 atom stereocenters. The summed E-state index contributed by atoms with van der Waals surface area (Å²) in [5, 5.41) is 0. The average molecular weight is 455 g/mol. The lowest BCUT2D eigenvalue weighted by Gasteiger charge is -2.06. The minimum Gasteiger partial charge on any atom is -0.466 e. The van der Waals surface area contributed by atoms with E-state index >= 15 is 0 Å². The monoisotopic (exact) mass is 454 g/mol. The molecule has 0 heterocycles. The van der Waals surface area contributed by atoms with Gasteiger partial charge in [0.2, 0.25) is 0 Å². The van der Waals surface area contributed by atoms with Crippen molar-refractivity contribution < 1.29 is 27.8 Å². The summed E-state index contributed by atoms with van der Waals surface area (Å²) in [6.45, 7) is 2.76. The molecule has 0 radical (unpaired) electrons. The van der Waals surface area contributed by atoms with Gasteiger partial charge in [-0.3, -0.25) is 9.59 Å². The molecule has 0 fully saturated rings. The SMILES string of the molecule is CCCCCCCCCCOC(=O)CCCCCCCCC(=O)Oc1cc(F)cc(F)c1. The third-order valence-corrected chi connectivity index (χ3v) is 5.34. The molecule has 6 heteroatoms. The van der Waals surface area contributed by atoms with Crippen molar-refractivity contribution in [1.82, 2.24) is 0 Å². The van der Waals surface area contributed by atoms with Gasteiger partial charge in [0.05, 0.1) is 6.61 Å². The third kappa shape index (κ3) is 15.8. The van der Waals surface area contributed by atoms with E-state index < -0.39 is 17.6 Å².